The van der Waals surface area contributed by atoms with Crippen LogP contribution < -0.4 is 20.1 Å². The average Bonchev–Trinajstić information content (AvgIpc) is 3.38. The van der Waals surface area contributed by atoms with E-state index in [1.54, 1.807) is 0 Å². The number of fused-ring (bicyclic) bond motifs is 2. The summed E-state index contributed by atoms with van der Waals surface area (Å²) in [7, 11) is 0. The summed E-state index contributed by atoms with van der Waals surface area (Å²) >= 11 is 5.65. The summed E-state index contributed by atoms with van der Waals surface area (Å²) in [4.78, 5) is 2.69. The van der Waals surface area contributed by atoms with Crippen molar-refractivity contribution in [3.8, 4) is 11.5 Å². The van der Waals surface area contributed by atoms with Gasteiger partial charge in [0, 0.05) is 29.6 Å². The van der Waals surface area contributed by atoms with Gasteiger partial charge in [0.25, 0.3) is 0 Å². The molecule has 0 radical (unpaired) electrons. The van der Waals surface area contributed by atoms with E-state index in [4.69, 9.17) is 21.7 Å². The van der Waals surface area contributed by atoms with Gasteiger partial charge >= 0.3 is 0 Å². The van der Waals surface area contributed by atoms with Crippen LogP contribution in [0.15, 0.2) is 48.5 Å². The van der Waals surface area contributed by atoms with Crippen molar-refractivity contribution in [3.63, 3.8) is 0 Å². The zero-order valence-corrected chi connectivity index (χ0v) is 20.7. The van der Waals surface area contributed by atoms with Crippen LogP contribution in [0.5, 0.6) is 11.5 Å². The molecule has 33 heavy (non-hydrogen) atoms. The Labute approximate surface area is 202 Å². The first-order valence-corrected chi connectivity index (χ1v) is 12.5. The van der Waals surface area contributed by atoms with Crippen molar-refractivity contribution in [1.29, 1.82) is 0 Å². The van der Waals surface area contributed by atoms with E-state index >= 15 is 0 Å². The standard InChI is InChI=1S/C27H35N3O2S/c1-26(2,3)29-25(33)28-21-11-12-27(20-9-10-22-23(15-20)32-18-31-22)13-14-30(24(27)16-21)17-19-7-5-4-6-8-19/h4-10,15,21,24H,11-14,16-18H2,1-3H3,(H2,28,29,33)/t21-,24-,27+/m1/s1. The Balaban J connectivity index is 1.40. The minimum atomic E-state index is -0.0400. The average molecular weight is 466 g/mol. The lowest BCUT2D eigenvalue weighted by Gasteiger charge is -2.46. The molecule has 2 heterocycles. The Morgan fingerprint density at radius 1 is 1.09 bits per heavy atom. The fourth-order valence-corrected chi connectivity index (χ4v) is 6.36. The number of benzene rings is 2. The smallest absolute Gasteiger partial charge is 0.231 e. The minimum Gasteiger partial charge on any atom is -0.454 e. The van der Waals surface area contributed by atoms with E-state index in [0.29, 0.717) is 18.9 Å². The highest BCUT2D eigenvalue weighted by Gasteiger charge is 2.51. The van der Waals surface area contributed by atoms with E-state index in [0.717, 1.165) is 49.0 Å². The molecule has 3 aliphatic rings. The molecule has 2 fully saturated rings. The molecule has 0 aromatic heterocycles. The van der Waals surface area contributed by atoms with Crippen LogP contribution in [-0.2, 0) is 12.0 Å². The lowest BCUT2D eigenvalue weighted by molar-refractivity contribution is 0.134. The number of rotatable bonds is 4. The van der Waals surface area contributed by atoms with Crippen LogP contribution in [0.3, 0.4) is 0 Å². The van der Waals surface area contributed by atoms with Crippen molar-refractivity contribution in [2.45, 2.75) is 76.0 Å². The molecule has 2 N–H and O–H groups in total. The molecular formula is C27H35N3O2S. The summed E-state index contributed by atoms with van der Waals surface area (Å²) in [5.41, 5.74) is 2.86. The maximum Gasteiger partial charge on any atom is 0.231 e. The van der Waals surface area contributed by atoms with Crippen LogP contribution in [0.1, 0.15) is 57.6 Å². The van der Waals surface area contributed by atoms with Gasteiger partial charge in [-0.25, -0.2) is 0 Å². The van der Waals surface area contributed by atoms with Crippen molar-refractivity contribution >= 4 is 17.3 Å². The number of ether oxygens (including phenoxy) is 2. The molecule has 1 saturated carbocycles. The largest absolute Gasteiger partial charge is 0.454 e. The summed E-state index contributed by atoms with van der Waals surface area (Å²) in [6.45, 7) is 8.83. The molecule has 5 nitrogen and oxygen atoms in total. The second kappa shape index (κ2) is 8.80. The fraction of sp³-hybridized carbons (Fsp3) is 0.519. The van der Waals surface area contributed by atoms with Gasteiger partial charge in [-0.2, -0.15) is 0 Å². The molecule has 2 aromatic carbocycles. The number of thiocarbonyl (C=S) groups is 1. The Morgan fingerprint density at radius 3 is 2.67 bits per heavy atom. The van der Waals surface area contributed by atoms with Gasteiger partial charge in [-0.1, -0.05) is 36.4 Å². The second-order valence-corrected chi connectivity index (χ2v) is 11.2. The summed E-state index contributed by atoms with van der Waals surface area (Å²) in [6.07, 6.45) is 4.49. The lowest BCUT2D eigenvalue weighted by atomic mass is 9.65. The molecule has 0 amide bonds. The van der Waals surface area contributed by atoms with Gasteiger partial charge in [-0.3, -0.25) is 4.90 Å². The first kappa shape index (κ1) is 22.5. The van der Waals surface area contributed by atoms with Gasteiger partial charge in [-0.05, 0) is 88.5 Å². The molecule has 0 bridgehead atoms. The van der Waals surface area contributed by atoms with Gasteiger partial charge in [0.05, 0.1) is 0 Å². The lowest BCUT2D eigenvalue weighted by Crippen LogP contribution is -2.55. The Bertz CT molecular complexity index is 1010. The van der Waals surface area contributed by atoms with E-state index in [9.17, 15) is 0 Å². The molecular weight excluding hydrogens is 430 g/mol. The first-order valence-electron chi connectivity index (χ1n) is 12.1. The van der Waals surface area contributed by atoms with Crippen LogP contribution in [0.25, 0.3) is 0 Å². The topological polar surface area (TPSA) is 45.8 Å². The van der Waals surface area contributed by atoms with Crippen LogP contribution in [-0.4, -0.2) is 41.0 Å². The van der Waals surface area contributed by atoms with Crippen molar-refractivity contribution in [3.05, 3.63) is 59.7 Å². The molecule has 2 aliphatic heterocycles. The maximum atomic E-state index is 5.74. The van der Waals surface area contributed by atoms with Crippen molar-refractivity contribution in [1.82, 2.24) is 15.5 Å². The first-order chi connectivity index (χ1) is 15.8. The Hall–Kier alpha value is -2.31. The van der Waals surface area contributed by atoms with Gasteiger partial charge in [0.2, 0.25) is 6.79 Å². The van der Waals surface area contributed by atoms with E-state index in [1.807, 2.05) is 0 Å². The normalized spacial score (nSPS) is 26.6. The van der Waals surface area contributed by atoms with E-state index in [-0.39, 0.29) is 11.0 Å². The third-order valence-corrected chi connectivity index (χ3v) is 7.59. The fourth-order valence-electron chi connectivity index (χ4n) is 5.89. The molecule has 0 unspecified atom stereocenters. The van der Waals surface area contributed by atoms with Crippen molar-refractivity contribution in [2.24, 2.45) is 0 Å². The van der Waals surface area contributed by atoms with Crippen LogP contribution in [0.4, 0.5) is 0 Å². The second-order valence-electron chi connectivity index (χ2n) is 10.8. The highest BCUT2D eigenvalue weighted by Crippen LogP contribution is 2.51. The molecule has 176 valence electrons. The highest BCUT2D eigenvalue weighted by atomic mass is 32.1. The van der Waals surface area contributed by atoms with E-state index < -0.39 is 0 Å². The molecule has 6 heteroatoms. The van der Waals surface area contributed by atoms with E-state index in [1.165, 1.54) is 17.5 Å². The molecule has 0 spiro atoms. The van der Waals surface area contributed by atoms with Crippen LogP contribution in [0.2, 0.25) is 0 Å². The van der Waals surface area contributed by atoms with Gasteiger partial charge in [-0.15, -0.1) is 0 Å². The van der Waals surface area contributed by atoms with E-state index in [2.05, 4.69) is 84.8 Å². The predicted molar refractivity (Wildman–Crippen MR) is 136 cm³/mol. The van der Waals surface area contributed by atoms with Crippen LogP contribution >= 0.6 is 12.2 Å². The number of nitrogens with one attached hydrogen (secondary N) is 2. The quantitative estimate of drug-likeness (QED) is 0.636. The third kappa shape index (κ3) is 4.69. The molecule has 3 atom stereocenters. The Morgan fingerprint density at radius 2 is 1.88 bits per heavy atom. The van der Waals surface area contributed by atoms with Crippen LogP contribution in [0, 0.1) is 0 Å². The van der Waals surface area contributed by atoms with Gasteiger partial charge in [0.1, 0.15) is 0 Å². The predicted octanol–water partition coefficient (Wildman–Crippen LogP) is 4.74. The SMILES string of the molecule is CC(C)(C)NC(=S)N[C@@H]1CC[C@@]2(c3ccc4c(c3)OCO4)CCN(Cc3ccccc3)[C@@H]2C1. The monoisotopic (exact) mass is 465 g/mol. The zero-order valence-electron chi connectivity index (χ0n) is 19.9. The summed E-state index contributed by atoms with van der Waals surface area (Å²) in [5.74, 6) is 1.75. The summed E-state index contributed by atoms with van der Waals surface area (Å²) < 4.78 is 11.3. The van der Waals surface area contributed by atoms with Crippen molar-refractivity contribution < 1.29 is 9.47 Å². The maximum absolute atomic E-state index is 5.74. The molecule has 2 aromatic rings. The molecule has 1 saturated heterocycles. The Kier molecular flexibility index (Phi) is 6.00. The third-order valence-electron chi connectivity index (χ3n) is 7.37. The molecule has 1 aliphatic carbocycles. The summed E-state index contributed by atoms with van der Waals surface area (Å²) in [5, 5.41) is 7.81. The van der Waals surface area contributed by atoms with Gasteiger partial charge < -0.3 is 20.1 Å². The molecule has 5 rings (SSSR count). The highest BCUT2D eigenvalue weighted by molar-refractivity contribution is 7.80. The number of hydrogen-bond acceptors (Lipinski definition) is 4. The minimum absolute atomic E-state index is 0.0400. The van der Waals surface area contributed by atoms with Gasteiger partial charge in [0.15, 0.2) is 16.6 Å². The number of likely N-dealkylation sites (tertiary alicyclic amines) is 1. The van der Waals surface area contributed by atoms with Crippen molar-refractivity contribution in [2.75, 3.05) is 13.3 Å². The summed E-state index contributed by atoms with van der Waals surface area (Å²) in [6, 6.07) is 18.3. The number of nitrogens with zero attached hydrogens (tertiary/aromatic N) is 1. The zero-order chi connectivity index (χ0) is 23.1. The number of hydrogen-bond donors (Lipinski definition) is 2.